The zero-order valence-electron chi connectivity index (χ0n) is 6.22. The van der Waals surface area contributed by atoms with Gasteiger partial charge in [0, 0.05) is 31.5 Å². The summed E-state index contributed by atoms with van der Waals surface area (Å²) in [6, 6.07) is 2.24. The highest BCUT2D eigenvalue weighted by Crippen LogP contribution is 2.09. The number of fused-ring (bicyclic) bond motifs is 1. The minimum absolute atomic E-state index is 1.04. The van der Waals surface area contributed by atoms with Crippen LogP contribution in [0.2, 0.25) is 0 Å². The maximum atomic E-state index is 3.33. The van der Waals surface area contributed by atoms with Gasteiger partial charge in [-0.25, -0.2) is 0 Å². The summed E-state index contributed by atoms with van der Waals surface area (Å²) in [5.74, 6) is 0. The number of rotatable bonds is 0. The summed E-state index contributed by atoms with van der Waals surface area (Å²) >= 11 is 0. The fourth-order valence-electron chi connectivity index (χ4n) is 1.49. The third kappa shape index (κ3) is 0.847. The van der Waals surface area contributed by atoms with Crippen LogP contribution in [-0.2, 0) is 13.1 Å². The van der Waals surface area contributed by atoms with E-state index in [9.17, 15) is 0 Å². The van der Waals surface area contributed by atoms with Gasteiger partial charge in [0.1, 0.15) is 0 Å². The molecule has 1 N–H and O–H groups in total. The molecule has 0 radical (unpaired) electrons. The monoisotopic (exact) mass is 136 g/mol. The largest absolute Gasteiger partial charge is 0.349 e. The Hall–Kier alpha value is -0.760. The fourth-order valence-corrected chi connectivity index (χ4v) is 1.49. The number of nitrogens with zero attached hydrogens (tertiary/aromatic N) is 1. The predicted molar refractivity (Wildman–Crippen MR) is 40.9 cm³/mol. The molecule has 0 atom stereocenters. The Balaban J connectivity index is 2.41. The molecular formula is C8H12N2. The summed E-state index contributed by atoms with van der Waals surface area (Å²) in [4.78, 5) is 0. The third-order valence-electron chi connectivity index (χ3n) is 1.96. The molecular weight excluding hydrogens is 124 g/mol. The summed E-state index contributed by atoms with van der Waals surface area (Å²) in [6.07, 6.45) is 2.22. The second-order valence-corrected chi connectivity index (χ2v) is 2.88. The average molecular weight is 136 g/mol. The van der Waals surface area contributed by atoms with Crippen LogP contribution in [-0.4, -0.2) is 11.1 Å². The molecule has 0 aliphatic carbocycles. The molecule has 2 nitrogen and oxygen atoms in total. The lowest BCUT2D eigenvalue weighted by Gasteiger charge is -2.15. The molecule has 10 heavy (non-hydrogen) atoms. The zero-order chi connectivity index (χ0) is 6.97. The van der Waals surface area contributed by atoms with Gasteiger partial charge < -0.3 is 9.88 Å². The molecule has 0 aromatic carbocycles. The molecule has 0 fully saturated rings. The number of hydrogen-bond donors (Lipinski definition) is 1. The summed E-state index contributed by atoms with van der Waals surface area (Å²) < 4.78 is 2.33. The van der Waals surface area contributed by atoms with Crippen molar-refractivity contribution in [2.24, 2.45) is 0 Å². The topological polar surface area (TPSA) is 17.0 Å². The van der Waals surface area contributed by atoms with Crippen molar-refractivity contribution in [1.29, 1.82) is 0 Å². The second kappa shape index (κ2) is 2.13. The van der Waals surface area contributed by atoms with E-state index in [1.54, 1.807) is 0 Å². The second-order valence-electron chi connectivity index (χ2n) is 2.88. The van der Waals surface area contributed by atoms with E-state index in [1.807, 2.05) is 0 Å². The lowest BCUT2D eigenvalue weighted by Crippen LogP contribution is -2.27. The molecule has 0 saturated heterocycles. The standard InChI is InChI=1S/C8H12N2/c1-7-4-8-5-9-2-3-10(8)6-7/h4,6,9H,2-3,5H2,1H3. The van der Waals surface area contributed by atoms with Crippen molar-refractivity contribution >= 4 is 0 Å². The first-order valence-electron chi connectivity index (χ1n) is 3.72. The van der Waals surface area contributed by atoms with Crippen LogP contribution in [0.3, 0.4) is 0 Å². The van der Waals surface area contributed by atoms with Crippen LogP contribution in [0.4, 0.5) is 0 Å². The molecule has 1 aromatic rings. The van der Waals surface area contributed by atoms with Crippen LogP contribution < -0.4 is 5.32 Å². The predicted octanol–water partition coefficient (Wildman–Crippen LogP) is 0.900. The first-order chi connectivity index (χ1) is 4.86. The Morgan fingerprint density at radius 2 is 2.50 bits per heavy atom. The van der Waals surface area contributed by atoms with Gasteiger partial charge in [-0.15, -0.1) is 0 Å². The Labute approximate surface area is 60.9 Å². The maximum Gasteiger partial charge on any atom is 0.0360 e. The molecule has 2 heteroatoms. The average Bonchev–Trinajstić information content (AvgIpc) is 2.27. The lowest BCUT2D eigenvalue weighted by atomic mass is 10.3. The first-order valence-corrected chi connectivity index (χ1v) is 3.72. The van der Waals surface area contributed by atoms with Gasteiger partial charge in [0.05, 0.1) is 0 Å². The molecule has 54 valence electrons. The van der Waals surface area contributed by atoms with Crippen molar-refractivity contribution < 1.29 is 0 Å². The van der Waals surface area contributed by atoms with Gasteiger partial charge in [0.15, 0.2) is 0 Å². The quantitative estimate of drug-likeness (QED) is 0.560. The van der Waals surface area contributed by atoms with Crippen LogP contribution in [0.15, 0.2) is 12.3 Å². The molecule has 1 aliphatic heterocycles. The SMILES string of the molecule is Cc1cc2n(c1)CCNC2. The van der Waals surface area contributed by atoms with Gasteiger partial charge in [-0.2, -0.15) is 0 Å². The molecule has 2 heterocycles. The number of nitrogens with one attached hydrogen (secondary N) is 1. The van der Waals surface area contributed by atoms with E-state index in [-0.39, 0.29) is 0 Å². The van der Waals surface area contributed by atoms with Gasteiger partial charge >= 0.3 is 0 Å². The Morgan fingerprint density at radius 3 is 3.30 bits per heavy atom. The fraction of sp³-hybridized carbons (Fsp3) is 0.500. The normalized spacial score (nSPS) is 16.9. The minimum Gasteiger partial charge on any atom is -0.349 e. The highest BCUT2D eigenvalue weighted by atomic mass is 15.1. The van der Waals surface area contributed by atoms with Crippen molar-refractivity contribution in [2.75, 3.05) is 6.54 Å². The van der Waals surface area contributed by atoms with Crippen molar-refractivity contribution in [1.82, 2.24) is 9.88 Å². The number of aromatic nitrogens is 1. The van der Waals surface area contributed by atoms with E-state index in [4.69, 9.17) is 0 Å². The molecule has 0 saturated carbocycles. The highest BCUT2D eigenvalue weighted by Gasteiger charge is 2.06. The van der Waals surface area contributed by atoms with Gasteiger partial charge in [-0.1, -0.05) is 0 Å². The van der Waals surface area contributed by atoms with E-state index >= 15 is 0 Å². The van der Waals surface area contributed by atoms with Crippen molar-refractivity contribution in [3.8, 4) is 0 Å². The van der Waals surface area contributed by atoms with E-state index < -0.39 is 0 Å². The summed E-state index contributed by atoms with van der Waals surface area (Å²) in [5, 5.41) is 3.33. The lowest BCUT2D eigenvalue weighted by molar-refractivity contribution is 0.516. The molecule has 0 spiro atoms. The van der Waals surface area contributed by atoms with Crippen molar-refractivity contribution in [3.63, 3.8) is 0 Å². The van der Waals surface area contributed by atoms with Gasteiger partial charge in [0.2, 0.25) is 0 Å². The number of aryl methyl sites for hydroxylation is 1. The summed E-state index contributed by atoms with van der Waals surface area (Å²) in [6.45, 7) is 5.42. The Kier molecular flexibility index (Phi) is 1.27. The molecule has 1 aromatic heterocycles. The van der Waals surface area contributed by atoms with E-state index in [0.29, 0.717) is 0 Å². The Bertz CT molecular complexity index is 214. The van der Waals surface area contributed by atoms with Gasteiger partial charge in [-0.3, -0.25) is 0 Å². The smallest absolute Gasteiger partial charge is 0.0360 e. The van der Waals surface area contributed by atoms with E-state index in [0.717, 1.165) is 19.6 Å². The first kappa shape index (κ1) is 5.98. The molecule has 0 bridgehead atoms. The minimum atomic E-state index is 1.04. The highest BCUT2D eigenvalue weighted by molar-refractivity contribution is 5.18. The van der Waals surface area contributed by atoms with Gasteiger partial charge in [-0.05, 0) is 18.6 Å². The van der Waals surface area contributed by atoms with Crippen LogP contribution in [0, 0.1) is 6.92 Å². The van der Waals surface area contributed by atoms with Crippen LogP contribution in [0.25, 0.3) is 0 Å². The van der Waals surface area contributed by atoms with Crippen LogP contribution in [0.1, 0.15) is 11.3 Å². The Morgan fingerprint density at radius 1 is 1.60 bits per heavy atom. The molecule has 0 unspecified atom stereocenters. The summed E-state index contributed by atoms with van der Waals surface area (Å²) in [7, 11) is 0. The maximum absolute atomic E-state index is 3.33. The van der Waals surface area contributed by atoms with Crippen LogP contribution >= 0.6 is 0 Å². The molecule has 1 aliphatic rings. The van der Waals surface area contributed by atoms with Gasteiger partial charge in [0.25, 0.3) is 0 Å². The zero-order valence-corrected chi connectivity index (χ0v) is 6.22. The van der Waals surface area contributed by atoms with Crippen molar-refractivity contribution in [2.45, 2.75) is 20.0 Å². The van der Waals surface area contributed by atoms with E-state index in [2.05, 4.69) is 29.1 Å². The molecule has 0 amide bonds. The van der Waals surface area contributed by atoms with Crippen LogP contribution in [0.5, 0.6) is 0 Å². The summed E-state index contributed by atoms with van der Waals surface area (Å²) in [5.41, 5.74) is 2.79. The molecule has 2 rings (SSSR count). The number of hydrogen-bond acceptors (Lipinski definition) is 1. The van der Waals surface area contributed by atoms with Crippen molar-refractivity contribution in [3.05, 3.63) is 23.5 Å². The van der Waals surface area contributed by atoms with E-state index in [1.165, 1.54) is 11.3 Å². The third-order valence-corrected chi connectivity index (χ3v) is 1.96.